The average molecular weight is 420 g/mol. The molecule has 0 saturated carbocycles. The molecular formula is C22H24N6O3. The van der Waals surface area contributed by atoms with Crippen LogP contribution in [0.4, 0.5) is 5.82 Å². The maximum atomic E-state index is 9.71. The van der Waals surface area contributed by atoms with Crippen LogP contribution in [0.2, 0.25) is 0 Å². The van der Waals surface area contributed by atoms with Crippen molar-refractivity contribution in [2.45, 2.75) is 6.10 Å². The molecule has 5 rings (SSSR count). The zero-order valence-corrected chi connectivity index (χ0v) is 17.2. The van der Waals surface area contributed by atoms with Crippen molar-refractivity contribution in [1.82, 2.24) is 24.7 Å². The summed E-state index contributed by atoms with van der Waals surface area (Å²) >= 11 is 0. The number of ether oxygens (including phenoxy) is 2. The van der Waals surface area contributed by atoms with E-state index in [9.17, 15) is 5.11 Å². The fraction of sp³-hybridized carbons (Fsp3) is 0.318. The molecule has 0 bridgehead atoms. The second-order valence-electron chi connectivity index (χ2n) is 7.34. The van der Waals surface area contributed by atoms with Gasteiger partial charge >= 0.3 is 0 Å². The van der Waals surface area contributed by atoms with Gasteiger partial charge in [-0.2, -0.15) is 5.10 Å². The minimum atomic E-state index is -0.608. The highest BCUT2D eigenvalue weighted by atomic mass is 16.5. The number of rotatable bonds is 6. The summed E-state index contributed by atoms with van der Waals surface area (Å²) in [7, 11) is 1.54. The Labute approximate surface area is 179 Å². The summed E-state index contributed by atoms with van der Waals surface area (Å²) in [5.74, 6) is 1.81. The first-order chi connectivity index (χ1) is 15.3. The molecule has 9 nitrogen and oxygen atoms in total. The number of aliphatic hydroxyl groups excluding tert-OH is 1. The zero-order chi connectivity index (χ0) is 21.2. The summed E-state index contributed by atoms with van der Waals surface area (Å²) in [5.41, 5.74) is 2.94. The topological polar surface area (TPSA) is 101 Å². The summed E-state index contributed by atoms with van der Waals surface area (Å²) in [6, 6.07) is 12.0. The lowest BCUT2D eigenvalue weighted by atomic mass is 10.1. The monoisotopic (exact) mass is 420 g/mol. The number of H-pyrrole nitrogens is 1. The van der Waals surface area contributed by atoms with Crippen molar-refractivity contribution in [2.75, 3.05) is 44.9 Å². The number of fused-ring (bicyclic) bond motifs is 1. The molecule has 1 atom stereocenters. The average Bonchev–Trinajstić information content (AvgIpc) is 3.48. The van der Waals surface area contributed by atoms with E-state index >= 15 is 0 Å². The quantitative estimate of drug-likeness (QED) is 0.494. The van der Waals surface area contributed by atoms with Crippen LogP contribution in [-0.2, 0) is 9.47 Å². The lowest BCUT2D eigenvalue weighted by Gasteiger charge is -2.28. The highest BCUT2D eigenvalue weighted by Crippen LogP contribution is 2.28. The maximum absolute atomic E-state index is 9.71. The fourth-order valence-electron chi connectivity index (χ4n) is 3.80. The minimum absolute atomic E-state index is 0.206. The standard InChI is InChI=1S/C22H24N6O3/c1-30-19(14-29)22-24-20(27-8-10-31-11-9-27)12-21(25-22)28-7-6-18(26-28)16-13-23-17-5-3-2-4-15(16)17/h2-7,12-13,19,23,29H,8-11,14H2,1H3/t19-/m1/s1. The van der Waals surface area contributed by atoms with Gasteiger partial charge in [-0.15, -0.1) is 0 Å². The zero-order valence-electron chi connectivity index (χ0n) is 17.2. The van der Waals surface area contributed by atoms with E-state index in [0.29, 0.717) is 24.9 Å². The van der Waals surface area contributed by atoms with Gasteiger partial charge in [0.1, 0.15) is 11.9 Å². The van der Waals surface area contributed by atoms with Gasteiger partial charge in [-0.05, 0) is 12.1 Å². The minimum Gasteiger partial charge on any atom is -0.393 e. The number of aromatic amines is 1. The normalized spacial score (nSPS) is 15.5. The van der Waals surface area contributed by atoms with Crippen LogP contribution in [0, 0.1) is 0 Å². The lowest BCUT2D eigenvalue weighted by molar-refractivity contribution is 0.0422. The Morgan fingerprint density at radius 2 is 1.97 bits per heavy atom. The van der Waals surface area contributed by atoms with E-state index in [1.807, 2.05) is 42.7 Å². The molecule has 31 heavy (non-hydrogen) atoms. The van der Waals surface area contributed by atoms with E-state index in [4.69, 9.17) is 14.6 Å². The molecule has 1 aliphatic heterocycles. The Bertz CT molecular complexity index is 1180. The second kappa shape index (κ2) is 8.46. The molecule has 3 aromatic heterocycles. The summed E-state index contributed by atoms with van der Waals surface area (Å²) in [6.07, 6.45) is 3.24. The van der Waals surface area contributed by atoms with Gasteiger partial charge in [0.15, 0.2) is 11.6 Å². The maximum Gasteiger partial charge on any atom is 0.164 e. The van der Waals surface area contributed by atoms with Crippen LogP contribution in [0.3, 0.4) is 0 Å². The Morgan fingerprint density at radius 1 is 1.16 bits per heavy atom. The molecule has 4 heterocycles. The number of hydrogen-bond acceptors (Lipinski definition) is 7. The molecule has 0 unspecified atom stereocenters. The van der Waals surface area contributed by atoms with Crippen LogP contribution < -0.4 is 4.90 Å². The highest BCUT2D eigenvalue weighted by molar-refractivity contribution is 5.94. The van der Waals surface area contributed by atoms with E-state index in [-0.39, 0.29) is 6.61 Å². The van der Waals surface area contributed by atoms with Gasteiger partial charge in [-0.3, -0.25) is 0 Å². The number of aromatic nitrogens is 5. The molecule has 0 radical (unpaired) electrons. The third kappa shape index (κ3) is 3.78. The third-order valence-corrected chi connectivity index (χ3v) is 5.48. The van der Waals surface area contributed by atoms with Crippen LogP contribution in [0.1, 0.15) is 11.9 Å². The van der Waals surface area contributed by atoms with Crippen LogP contribution in [0.15, 0.2) is 48.8 Å². The van der Waals surface area contributed by atoms with Gasteiger partial charge in [0, 0.05) is 55.1 Å². The van der Waals surface area contributed by atoms with Gasteiger partial charge in [0.2, 0.25) is 0 Å². The largest absolute Gasteiger partial charge is 0.393 e. The number of aliphatic hydroxyl groups is 1. The summed E-state index contributed by atoms with van der Waals surface area (Å²) in [6.45, 7) is 2.57. The Kier molecular flexibility index (Phi) is 5.37. The van der Waals surface area contributed by atoms with Crippen molar-refractivity contribution in [3.63, 3.8) is 0 Å². The van der Waals surface area contributed by atoms with E-state index in [1.54, 1.807) is 4.68 Å². The van der Waals surface area contributed by atoms with Crippen molar-refractivity contribution in [3.8, 4) is 17.1 Å². The van der Waals surface area contributed by atoms with Crippen LogP contribution in [0.25, 0.3) is 28.0 Å². The predicted octanol–water partition coefficient (Wildman–Crippen LogP) is 2.33. The SMILES string of the molecule is CO[C@H](CO)c1nc(N2CCOCC2)cc(-n2ccc(-c3c[nH]c4ccccc34)n2)n1. The number of benzene rings is 1. The van der Waals surface area contributed by atoms with E-state index in [1.165, 1.54) is 7.11 Å². The van der Waals surface area contributed by atoms with Crippen molar-refractivity contribution in [3.05, 3.63) is 54.6 Å². The van der Waals surface area contributed by atoms with E-state index in [0.717, 1.165) is 41.1 Å². The van der Waals surface area contributed by atoms with Gasteiger partial charge < -0.3 is 24.5 Å². The molecule has 0 aliphatic carbocycles. The fourth-order valence-corrected chi connectivity index (χ4v) is 3.80. The molecule has 4 aromatic rings. The third-order valence-electron chi connectivity index (χ3n) is 5.48. The molecule has 160 valence electrons. The van der Waals surface area contributed by atoms with Crippen molar-refractivity contribution in [1.29, 1.82) is 0 Å². The predicted molar refractivity (Wildman–Crippen MR) is 116 cm³/mol. The van der Waals surface area contributed by atoms with Crippen molar-refractivity contribution < 1.29 is 14.6 Å². The number of nitrogens with one attached hydrogen (secondary N) is 1. The first-order valence-corrected chi connectivity index (χ1v) is 10.2. The number of para-hydroxylation sites is 1. The molecular weight excluding hydrogens is 396 g/mol. The van der Waals surface area contributed by atoms with E-state index < -0.39 is 6.10 Å². The van der Waals surface area contributed by atoms with Gasteiger partial charge in [-0.1, -0.05) is 18.2 Å². The number of morpholine rings is 1. The van der Waals surface area contributed by atoms with Crippen molar-refractivity contribution >= 4 is 16.7 Å². The highest BCUT2D eigenvalue weighted by Gasteiger charge is 2.20. The Morgan fingerprint density at radius 3 is 2.77 bits per heavy atom. The first-order valence-electron chi connectivity index (χ1n) is 10.2. The molecule has 1 fully saturated rings. The van der Waals surface area contributed by atoms with Crippen molar-refractivity contribution in [2.24, 2.45) is 0 Å². The summed E-state index contributed by atoms with van der Waals surface area (Å²) < 4.78 is 12.6. The van der Waals surface area contributed by atoms with Gasteiger partial charge in [0.25, 0.3) is 0 Å². The number of anilines is 1. The Balaban J connectivity index is 1.55. The number of methoxy groups -OCH3 is 1. The second-order valence-corrected chi connectivity index (χ2v) is 7.34. The summed E-state index contributed by atoms with van der Waals surface area (Å²) in [4.78, 5) is 14.7. The summed E-state index contributed by atoms with van der Waals surface area (Å²) in [5, 5.41) is 15.6. The van der Waals surface area contributed by atoms with Crippen LogP contribution in [-0.4, -0.2) is 69.9 Å². The molecule has 0 amide bonds. The number of nitrogens with zero attached hydrogens (tertiary/aromatic N) is 5. The van der Waals surface area contributed by atoms with Crippen LogP contribution >= 0.6 is 0 Å². The van der Waals surface area contributed by atoms with Gasteiger partial charge in [0.05, 0.1) is 25.5 Å². The molecule has 1 aliphatic rings. The molecule has 1 saturated heterocycles. The molecule has 0 spiro atoms. The first kappa shape index (κ1) is 19.7. The van der Waals surface area contributed by atoms with Gasteiger partial charge in [-0.25, -0.2) is 14.6 Å². The Hall–Kier alpha value is -3.27. The van der Waals surface area contributed by atoms with Crippen LogP contribution in [0.5, 0.6) is 0 Å². The number of hydrogen-bond donors (Lipinski definition) is 2. The lowest BCUT2D eigenvalue weighted by Crippen LogP contribution is -2.37. The molecule has 1 aromatic carbocycles. The smallest absolute Gasteiger partial charge is 0.164 e. The molecule has 2 N–H and O–H groups in total. The van der Waals surface area contributed by atoms with E-state index in [2.05, 4.69) is 25.9 Å². The molecule has 9 heteroatoms.